The molecule has 1 heterocycles. The molecule has 1 atom stereocenters. The molecule has 7 heteroatoms. The molecule has 0 amide bonds. The van der Waals surface area contributed by atoms with E-state index in [1.54, 1.807) is 17.3 Å². The second kappa shape index (κ2) is 7.70. The van der Waals surface area contributed by atoms with Crippen molar-refractivity contribution in [3.8, 4) is 0 Å². The summed E-state index contributed by atoms with van der Waals surface area (Å²) in [5.41, 5.74) is 1.13. The Balaban J connectivity index is 2.35. The summed E-state index contributed by atoms with van der Waals surface area (Å²) in [6.07, 6.45) is 1.67. The van der Waals surface area contributed by atoms with E-state index in [1.165, 1.54) is 18.4 Å². The van der Waals surface area contributed by atoms with Crippen LogP contribution in [-0.4, -0.2) is 41.1 Å². The predicted molar refractivity (Wildman–Crippen MR) is 74.0 cm³/mol. The van der Waals surface area contributed by atoms with Gasteiger partial charge in [-0.2, -0.15) is 0 Å². The predicted octanol–water partition coefficient (Wildman–Crippen LogP) is 1.95. The summed E-state index contributed by atoms with van der Waals surface area (Å²) >= 11 is 3.21. The van der Waals surface area contributed by atoms with Crippen molar-refractivity contribution < 1.29 is 9.53 Å². The zero-order valence-electron chi connectivity index (χ0n) is 10.9. The van der Waals surface area contributed by atoms with Crippen LogP contribution in [0.25, 0.3) is 0 Å². The summed E-state index contributed by atoms with van der Waals surface area (Å²) in [5, 5.41) is 10.9. The smallest absolute Gasteiger partial charge is 0.325 e. The molecule has 102 valence electrons. The highest BCUT2D eigenvalue weighted by molar-refractivity contribution is 8.00. The average Bonchev–Trinajstić information content (AvgIpc) is 2.87. The van der Waals surface area contributed by atoms with Gasteiger partial charge in [0.15, 0.2) is 4.34 Å². The quantitative estimate of drug-likeness (QED) is 0.448. The Morgan fingerprint density at radius 2 is 2.44 bits per heavy atom. The van der Waals surface area contributed by atoms with E-state index in [9.17, 15) is 4.79 Å². The average molecular weight is 289 g/mol. The summed E-state index contributed by atoms with van der Waals surface area (Å²) in [5.74, 6) is 0.720. The van der Waals surface area contributed by atoms with Crippen LogP contribution in [0.5, 0.6) is 0 Å². The van der Waals surface area contributed by atoms with E-state index in [-0.39, 0.29) is 5.97 Å². The fraction of sp³-hybridized carbons (Fsp3) is 0.727. The van der Waals surface area contributed by atoms with Crippen molar-refractivity contribution >= 4 is 29.1 Å². The van der Waals surface area contributed by atoms with Crippen LogP contribution < -0.4 is 5.32 Å². The number of nitrogens with zero attached hydrogens (tertiary/aromatic N) is 2. The lowest BCUT2D eigenvalue weighted by Gasteiger charge is -2.27. The zero-order valence-corrected chi connectivity index (χ0v) is 12.6. The van der Waals surface area contributed by atoms with Crippen LogP contribution in [0, 0.1) is 0 Å². The molecule has 1 N–H and O–H groups in total. The number of esters is 1. The Kier molecular flexibility index (Phi) is 6.59. The molecule has 0 aliphatic rings. The molecule has 0 saturated heterocycles. The lowest BCUT2D eigenvalue weighted by atomic mass is 9.96. The number of methoxy groups -OCH3 is 1. The van der Waals surface area contributed by atoms with Gasteiger partial charge < -0.3 is 10.1 Å². The van der Waals surface area contributed by atoms with Crippen LogP contribution in [0.15, 0.2) is 9.85 Å². The number of hydrogen-bond donors (Lipinski definition) is 1. The minimum Gasteiger partial charge on any atom is -0.468 e. The topological polar surface area (TPSA) is 64.1 Å². The van der Waals surface area contributed by atoms with Crippen LogP contribution >= 0.6 is 23.1 Å². The molecule has 0 aliphatic heterocycles. The van der Waals surface area contributed by atoms with Gasteiger partial charge in [0.1, 0.15) is 11.0 Å². The molecule has 0 bridgehead atoms. The Labute approximate surface area is 116 Å². The summed E-state index contributed by atoms with van der Waals surface area (Å²) in [6, 6.07) is 0. The molecule has 1 rings (SSSR count). The van der Waals surface area contributed by atoms with Gasteiger partial charge in [-0.3, -0.25) is 4.79 Å². The number of hydrogen-bond acceptors (Lipinski definition) is 7. The van der Waals surface area contributed by atoms with Gasteiger partial charge in [0.25, 0.3) is 0 Å². The third-order valence-electron chi connectivity index (χ3n) is 2.59. The molecule has 0 aliphatic carbocycles. The largest absolute Gasteiger partial charge is 0.468 e. The molecule has 0 aromatic carbocycles. The maximum Gasteiger partial charge on any atom is 0.325 e. The van der Waals surface area contributed by atoms with Gasteiger partial charge in [0.05, 0.1) is 7.11 Å². The number of carbonyl (C=O) groups is 1. The monoisotopic (exact) mass is 289 g/mol. The van der Waals surface area contributed by atoms with Gasteiger partial charge >= 0.3 is 5.97 Å². The first kappa shape index (κ1) is 15.4. The molecule has 1 aromatic rings. The first-order valence-electron chi connectivity index (χ1n) is 5.85. The molecular weight excluding hydrogens is 270 g/mol. The van der Waals surface area contributed by atoms with Gasteiger partial charge in [-0.25, -0.2) is 0 Å². The van der Waals surface area contributed by atoms with E-state index < -0.39 is 5.54 Å². The minimum atomic E-state index is -0.592. The molecule has 0 radical (unpaired) electrons. The first-order chi connectivity index (χ1) is 8.62. The lowest BCUT2D eigenvalue weighted by Crippen LogP contribution is -2.50. The Morgan fingerprint density at radius 3 is 3.00 bits per heavy atom. The minimum absolute atomic E-state index is 0.203. The second-order valence-electron chi connectivity index (χ2n) is 4.01. The number of aromatic nitrogens is 2. The molecule has 1 aromatic heterocycles. The third-order valence-corrected chi connectivity index (χ3v) is 4.54. The standard InChI is InChI=1S/C11H19N3O2S2/c1-4-12-11(2,9(15)16-3)6-5-7-17-10-14-13-8-18-10/h8,12H,4-7H2,1-3H3. The van der Waals surface area contributed by atoms with Crippen LogP contribution in [0.3, 0.4) is 0 Å². The molecule has 5 nitrogen and oxygen atoms in total. The Bertz CT molecular complexity index is 359. The van der Waals surface area contributed by atoms with Crippen molar-refractivity contribution in [1.29, 1.82) is 0 Å². The summed E-state index contributed by atoms with van der Waals surface area (Å²) in [4.78, 5) is 11.7. The van der Waals surface area contributed by atoms with E-state index in [4.69, 9.17) is 4.74 Å². The number of carbonyl (C=O) groups excluding carboxylic acids is 1. The van der Waals surface area contributed by atoms with E-state index in [0.29, 0.717) is 0 Å². The highest BCUT2D eigenvalue weighted by Crippen LogP contribution is 2.22. The highest BCUT2D eigenvalue weighted by atomic mass is 32.2. The normalized spacial score (nSPS) is 14.2. The second-order valence-corrected chi connectivity index (χ2v) is 6.19. The molecule has 18 heavy (non-hydrogen) atoms. The molecular formula is C11H19N3O2S2. The maximum absolute atomic E-state index is 11.7. The highest BCUT2D eigenvalue weighted by Gasteiger charge is 2.32. The number of nitrogens with one attached hydrogen (secondary N) is 1. The Hall–Kier alpha value is -0.660. The van der Waals surface area contributed by atoms with Crippen LogP contribution in [-0.2, 0) is 9.53 Å². The van der Waals surface area contributed by atoms with Gasteiger partial charge in [0.2, 0.25) is 0 Å². The summed E-state index contributed by atoms with van der Waals surface area (Å²) in [7, 11) is 1.42. The van der Waals surface area contributed by atoms with Gasteiger partial charge in [0, 0.05) is 5.75 Å². The van der Waals surface area contributed by atoms with Crippen molar-refractivity contribution in [2.24, 2.45) is 0 Å². The van der Waals surface area contributed by atoms with E-state index in [0.717, 1.165) is 29.5 Å². The van der Waals surface area contributed by atoms with E-state index in [1.807, 2.05) is 13.8 Å². The number of ether oxygens (including phenoxy) is 1. The van der Waals surface area contributed by atoms with Gasteiger partial charge in [-0.05, 0) is 26.3 Å². The van der Waals surface area contributed by atoms with Gasteiger partial charge in [-0.1, -0.05) is 30.0 Å². The van der Waals surface area contributed by atoms with Gasteiger partial charge in [-0.15, -0.1) is 10.2 Å². The van der Waals surface area contributed by atoms with Crippen molar-refractivity contribution in [2.75, 3.05) is 19.4 Å². The van der Waals surface area contributed by atoms with Crippen molar-refractivity contribution in [3.05, 3.63) is 5.51 Å². The number of likely N-dealkylation sites (N-methyl/N-ethyl adjacent to an activating group) is 1. The van der Waals surface area contributed by atoms with Crippen molar-refractivity contribution in [3.63, 3.8) is 0 Å². The number of thioether (sulfide) groups is 1. The zero-order chi connectivity index (χ0) is 13.4. The maximum atomic E-state index is 11.7. The summed E-state index contributed by atoms with van der Waals surface area (Å²) in [6.45, 7) is 4.62. The van der Waals surface area contributed by atoms with Crippen molar-refractivity contribution in [1.82, 2.24) is 15.5 Å². The van der Waals surface area contributed by atoms with E-state index >= 15 is 0 Å². The van der Waals surface area contributed by atoms with Crippen molar-refractivity contribution in [2.45, 2.75) is 36.6 Å². The molecule has 1 unspecified atom stereocenters. The fourth-order valence-electron chi connectivity index (χ4n) is 1.69. The third kappa shape index (κ3) is 4.55. The molecule has 0 spiro atoms. The summed E-state index contributed by atoms with van der Waals surface area (Å²) < 4.78 is 5.81. The van der Waals surface area contributed by atoms with Crippen LogP contribution in [0.4, 0.5) is 0 Å². The molecule has 0 fully saturated rings. The van der Waals surface area contributed by atoms with E-state index in [2.05, 4.69) is 15.5 Å². The van der Waals surface area contributed by atoms with Crippen LogP contribution in [0.1, 0.15) is 26.7 Å². The SMILES string of the molecule is CCNC(C)(CCCSc1nncs1)C(=O)OC. The molecule has 0 saturated carbocycles. The Morgan fingerprint density at radius 1 is 1.67 bits per heavy atom. The first-order valence-corrected chi connectivity index (χ1v) is 7.71. The lowest BCUT2D eigenvalue weighted by molar-refractivity contribution is -0.148. The van der Waals surface area contributed by atoms with Crippen LogP contribution in [0.2, 0.25) is 0 Å². The number of rotatable bonds is 8. The fourth-order valence-corrected chi connectivity index (χ4v) is 3.19.